The molecular formula is C22H17F3N4O4. The number of amides is 4. The quantitative estimate of drug-likeness (QED) is 0.509. The van der Waals surface area contributed by atoms with Gasteiger partial charge in [-0.15, -0.1) is 0 Å². The van der Waals surface area contributed by atoms with Crippen LogP contribution in [-0.4, -0.2) is 29.4 Å². The summed E-state index contributed by atoms with van der Waals surface area (Å²) in [5.74, 6) is -1.25. The first-order valence-corrected chi connectivity index (χ1v) is 9.71. The lowest BCUT2D eigenvalue weighted by atomic mass is 9.94. The first-order valence-electron chi connectivity index (χ1n) is 9.71. The number of benzene rings is 2. The van der Waals surface area contributed by atoms with E-state index in [2.05, 4.69) is 20.9 Å². The third-order valence-corrected chi connectivity index (χ3v) is 5.28. The molecule has 11 heteroatoms. The van der Waals surface area contributed by atoms with Crippen LogP contribution < -0.4 is 16.0 Å². The molecule has 3 aromatic rings. The molecule has 33 heavy (non-hydrogen) atoms. The maximum absolute atomic E-state index is 13.0. The molecule has 170 valence electrons. The average molecular weight is 458 g/mol. The smallest absolute Gasteiger partial charge is 0.416 e. The average Bonchev–Trinajstić information content (AvgIpc) is 3.34. The number of aromatic nitrogens is 1. The number of halogens is 3. The molecular weight excluding hydrogens is 441 g/mol. The number of imide groups is 1. The van der Waals surface area contributed by atoms with E-state index in [0.717, 1.165) is 18.5 Å². The van der Waals surface area contributed by atoms with Gasteiger partial charge in [0.25, 0.3) is 11.8 Å². The van der Waals surface area contributed by atoms with E-state index < -0.39 is 35.1 Å². The van der Waals surface area contributed by atoms with Gasteiger partial charge in [0.15, 0.2) is 17.7 Å². The Morgan fingerprint density at radius 1 is 1.12 bits per heavy atom. The van der Waals surface area contributed by atoms with Gasteiger partial charge >= 0.3 is 12.2 Å². The van der Waals surface area contributed by atoms with Crippen molar-refractivity contribution in [1.29, 1.82) is 0 Å². The van der Waals surface area contributed by atoms with Crippen molar-refractivity contribution in [2.24, 2.45) is 0 Å². The number of nitrogens with one attached hydrogen (secondary N) is 3. The summed E-state index contributed by atoms with van der Waals surface area (Å²) in [7, 11) is 0. The van der Waals surface area contributed by atoms with Gasteiger partial charge in [0, 0.05) is 5.56 Å². The van der Waals surface area contributed by atoms with Crippen molar-refractivity contribution in [2.45, 2.75) is 18.6 Å². The van der Waals surface area contributed by atoms with E-state index >= 15 is 0 Å². The Labute approximate surface area is 185 Å². The number of hydrogen-bond acceptors (Lipinski definition) is 5. The zero-order chi connectivity index (χ0) is 23.8. The van der Waals surface area contributed by atoms with Gasteiger partial charge in [-0.25, -0.2) is 9.78 Å². The van der Waals surface area contributed by atoms with Gasteiger partial charge in [0.1, 0.15) is 0 Å². The minimum atomic E-state index is -4.48. The van der Waals surface area contributed by atoms with Gasteiger partial charge in [-0.1, -0.05) is 30.3 Å². The van der Waals surface area contributed by atoms with Crippen molar-refractivity contribution in [3.8, 4) is 11.1 Å². The summed E-state index contributed by atoms with van der Waals surface area (Å²) in [6, 6.07) is 10.0. The van der Waals surface area contributed by atoms with Gasteiger partial charge in [-0.3, -0.25) is 14.9 Å². The van der Waals surface area contributed by atoms with E-state index in [1.54, 1.807) is 25.1 Å². The van der Waals surface area contributed by atoms with E-state index in [-0.39, 0.29) is 17.9 Å². The van der Waals surface area contributed by atoms with Crippen LogP contribution in [0.15, 0.2) is 59.3 Å². The lowest BCUT2D eigenvalue weighted by Gasteiger charge is -2.24. The Morgan fingerprint density at radius 2 is 1.82 bits per heavy atom. The third-order valence-electron chi connectivity index (χ3n) is 5.28. The lowest BCUT2D eigenvalue weighted by molar-refractivity contribution is -0.137. The highest BCUT2D eigenvalue weighted by Crippen LogP contribution is 2.32. The number of oxazole rings is 1. The molecule has 0 radical (unpaired) electrons. The van der Waals surface area contributed by atoms with Gasteiger partial charge in [-0.05, 0) is 36.2 Å². The molecule has 4 rings (SSSR count). The van der Waals surface area contributed by atoms with Crippen LogP contribution in [0.25, 0.3) is 11.1 Å². The molecule has 1 aliphatic rings. The summed E-state index contributed by atoms with van der Waals surface area (Å²) in [4.78, 5) is 41.4. The summed E-state index contributed by atoms with van der Waals surface area (Å²) in [5.41, 5.74) is -1.18. The van der Waals surface area contributed by atoms with Crippen LogP contribution in [0.1, 0.15) is 27.4 Å². The Morgan fingerprint density at radius 3 is 2.39 bits per heavy atom. The van der Waals surface area contributed by atoms with E-state index in [1.807, 2.05) is 0 Å². The Balaban J connectivity index is 1.61. The van der Waals surface area contributed by atoms with Gasteiger partial charge < -0.3 is 15.1 Å². The van der Waals surface area contributed by atoms with Crippen molar-refractivity contribution >= 4 is 17.8 Å². The molecule has 0 spiro atoms. The van der Waals surface area contributed by atoms with Gasteiger partial charge in [0.2, 0.25) is 0 Å². The van der Waals surface area contributed by atoms with E-state index in [0.29, 0.717) is 16.8 Å². The Kier molecular flexibility index (Phi) is 5.40. The number of alkyl halides is 3. The highest BCUT2D eigenvalue weighted by atomic mass is 19.4. The second kappa shape index (κ2) is 8.08. The Hall–Kier alpha value is -4.15. The minimum Gasteiger partial charge on any atom is -0.445 e. The first-order chi connectivity index (χ1) is 15.6. The molecule has 8 nitrogen and oxygen atoms in total. The molecule has 1 atom stereocenters. The molecule has 0 saturated carbocycles. The maximum Gasteiger partial charge on any atom is 0.416 e. The molecule has 1 aromatic heterocycles. The lowest BCUT2D eigenvalue weighted by Crippen LogP contribution is -2.52. The molecule has 3 N–H and O–H groups in total. The summed E-state index contributed by atoms with van der Waals surface area (Å²) in [6.45, 7) is 1.24. The molecule has 2 heterocycles. The van der Waals surface area contributed by atoms with E-state index in [1.165, 1.54) is 18.2 Å². The maximum atomic E-state index is 13.0. The first kappa shape index (κ1) is 22.1. The molecule has 0 unspecified atom stereocenters. The second-order valence-electron chi connectivity index (χ2n) is 7.38. The zero-order valence-electron chi connectivity index (χ0n) is 17.1. The largest absolute Gasteiger partial charge is 0.445 e. The number of hydrogen-bond donors (Lipinski definition) is 3. The van der Waals surface area contributed by atoms with E-state index in [9.17, 15) is 27.6 Å². The van der Waals surface area contributed by atoms with E-state index in [4.69, 9.17) is 4.42 Å². The number of nitrogens with zero attached hydrogens (tertiary/aromatic N) is 1. The second-order valence-corrected chi connectivity index (χ2v) is 7.38. The van der Waals surface area contributed by atoms with Crippen LogP contribution in [-0.2, 0) is 16.5 Å². The third kappa shape index (κ3) is 4.04. The number of rotatable bonds is 5. The summed E-state index contributed by atoms with van der Waals surface area (Å²) in [6.07, 6.45) is -3.36. The van der Waals surface area contributed by atoms with Gasteiger partial charge in [0.05, 0.1) is 17.8 Å². The van der Waals surface area contributed by atoms with Crippen LogP contribution in [0.2, 0.25) is 0 Å². The predicted octanol–water partition coefficient (Wildman–Crippen LogP) is 3.13. The van der Waals surface area contributed by atoms with Crippen molar-refractivity contribution in [3.63, 3.8) is 0 Å². The Bertz CT molecular complexity index is 1240. The number of urea groups is 1. The van der Waals surface area contributed by atoms with Crippen molar-refractivity contribution in [2.75, 3.05) is 6.54 Å². The number of carbonyl (C=O) groups excluding carboxylic acids is 3. The molecule has 4 amide bonds. The highest BCUT2D eigenvalue weighted by molar-refractivity contribution is 6.08. The van der Waals surface area contributed by atoms with Crippen LogP contribution in [0.4, 0.5) is 18.0 Å². The number of aryl methyl sites for hydroxylation is 1. The number of carbonyl (C=O) groups is 3. The molecule has 0 bridgehead atoms. The highest BCUT2D eigenvalue weighted by Gasteiger charge is 2.51. The van der Waals surface area contributed by atoms with Crippen LogP contribution in [0, 0.1) is 6.92 Å². The fourth-order valence-electron chi connectivity index (χ4n) is 3.65. The zero-order valence-corrected chi connectivity index (χ0v) is 17.1. The molecule has 1 saturated heterocycles. The SMILES string of the molecule is Cc1ncoc1[C@@]1(CNC(=O)c2ccccc2-c2ccc(C(F)(F)F)cc2)NC(=O)NC1=O. The topological polar surface area (TPSA) is 113 Å². The van der Waals surface area contributed by atoms with Crippen molar-refractivity contribution in [3.05, 3.63) is 77.5 Å². The predicted molar refractivity (Wildman–Crippen MR) is 109 cm³/mol. The normalized spacial score (nSPS) is 18.1. The van der Waals surface area contributed by atoms with Gasteiger partial charge in [-0.2, -0.15) is 13.2 Å². The minimum absolute atomic E-state index is 0.0715. The van der Waals surface area contributed by atoms with Crippen molar-refractivity contribution < 1.29 is 32.0 Å². The fourth-order valence-corrected chi connectivity index (χ4v) is 3.65. The molecule has 1 fully saturated rings. The standard InChI is InChI=1S/C22H17F3N4O4/c1-12-17(33-11-27-12)21(19(31)28-20(32)29-21)10-26-18(30)16-5-3-2-4-15(16)13-6-8-14(9-7-13)22(23,24)25/h2-9,11H,10H2,1H3,(H,26,30)(H2,28,29,31,32)/t21-/m1/s1. The monoisotopic (exact) mass is 458 g/mol. The fraction of sp³-hybridized carbons (Fsp3) is 0.182. The van der Waals surface area contributed by atoms with Crippen LogP contribution >= 0.6 is 0 Å². The molecule has 1 aliphatic heterocycles. The van der Waals surface area contributed by atoms with Crippen LogP contribution in [0.3, 0.4) is 0 Å². The molecule has 2 aromatic carbocycles. The summed E-state index contributed by atoms with van der Waals surface area (Å²) < 4.78 is 43.9. The van der Waals surface area contributed by atoms with Crippen molar-refractivity contribution in [1.82, 2.24) is 20.9 Å². The summed E-state index contributed by atoms with van der Waals surface area (Å²) >= 11 is 0. The summed E-state index contributed by atoms with van der Waals surface area (Å²) in [5, 5.41) is 7.21. The molecule has 0 aliphatic carbocycles. The van der Waals surface area contributed by atoms with Crippen LogP contribution in [0.5, 0.6) is 0 Å².